The van der Waals surface area contributed by atoms with E-state index in [1.165, 1.54) is 0 Å². The molecule has 4 nitrogen and oxygen atoms in total. The molecule has 1 N–H and O–H groups in total. The Kier molecular flexibility index (Phi) is 4.49. The van der Waals surface area contributed by atoms with Crippen molar-refractivity contribution < 1.29 is 9.59 Å². The predicted octanol–water partition coefficient (Wildman–Crippen LogP) is 3.48. The van der Waals surface area contributed by atoms with Crippen LogP contribution in [0.3, 0.4) is 0 Å². The number of rotatable bonds is 2. The Hall–Kier alpha value is -0.880. The monoisotopic (exact) mass is 416 g/mol. The quantitative estimate of drug-likeness (QED) is 0.800. The first kappa shape index (κ1) is 16.5. The molecule has 0 bridgehead atoms. The van der Waals surface area contributed by atoms with Crippen molar-refractivity contribution in [2.24, 2.45) is 5.92 Å². The number of carbonyl (C=O) groups is 2. The summed E-state index contributed by atoms with van der Waals surface area (Å²) in [5, 5.41) is 2.81. The number of hydrogen-bond acceptors (Lipinski definition) is 2. The number of hydrogen-bond donors (Lipinski definition) is 1. The second kappa shape index (κ2) is 5.72. The van der Waals surface area contributed by atoms with Crippen LogP contribution in [-0.2, 0) is 9.59 Å². The zero-order valence-electron chi connectivity index (χ0n) is 12.4. The molecule has 0 radical (unpaired) electrons. The fraction of sp³-hybridized carbons (Fsp3) is 0.467. The molecular formula is C15H18Br2N2O2. The summed E-state index contributed by atoms with van der Waals surface area (Å²) in [6.45, 7) is 7.33. The summed E-state index contributed by atoms with van der Waals surface area (Å²) in [7, 11) is 0. The third-order valence-electron chi connectivity index (χ3n) is 3.54. The van der Waals surface area contributed by atoms with Crippen molar-refractivity contribution in [1.29, 1.82) is 0 Å². The first-order valence-electron chi connectivity index (χ1n) is 6.76. The van der Waals surface area contributed by atoms with Crippen LogP contribution >= 0.6 is 31.9 Å². The zero-order valence-corrected chi connectivity index (χ0v) is 15.6. The molecule has 1 atom stereocenters. The molecular weight excluding hydrogens is 400 g/mol. The number of amides is 2. The highest BCUT2D eigenvalue weighted by molar-refractivity contribution is 9.11. The number of nitrogens with one attached hydrogen (secondary N) is 1. The highest BCUT2D eigenvalue weighted by atomic mass is 79.9. The van der Waals surface area contributed by atoms with Gasteiger partial charge in [-0.2, -0.15) is 0 Å². The fourth-order valence-corrected chi connectivity index (χ4v) is 3.30. The molecule has 1 aliphatic rings. The molecule has 0 saturated carbocycles. The van der Waals surface area contributed by atoms with E-state index >= 15 is 0 Å². The lowest BCUT2D eigenvalue weighted by atomic mass is 9.91. The number of halogens is 2. The van der Waals surface area contributed by atoms with E-state index in [0.717, 1.165) is 8.95 Å². The maximum atomic E-state index is 12.8. The van der Waals surface area contributed by atoms with Gasteiger partial charge in [-0.05, 0) is 53.9 Å². The van der Waals surface area contributed by atoms with Gasteiger partial charge >= 0.3 is 0 Å². The van der Waals surface area contributed by atoms with Crippen molar-refractivity contribution in [3.63, 3.8) is 0 Å². The molecule has 2 rings (SSSR count). The molecule has 1 unspecified atom stereocenters. The van der Waals surface area contributed by atoms with E-state index < -0.39 is 11.6 Å². The van der Waals surface area contributed by atoms with Crippen LogP contribution in [0.5, 0.6) is 0 Å². The molecule has 0 spiro atoms. The van der Waals surface area contributed by atoms with Gasteiger partial charge in [0.05, 0.1) is 5.69 Å². The van der Waals surface area contributed by atoms with Crippen molar-refractivity contribution in [3.8, 4) is 0 Å². The smallest absolute Gasteiger partial charge is 0.252 e. The summed E-state index contributed by atoms with van der Waals surface area (Å²) in [4.78, 5) is 26.9. The highest BCUT2D eigenvalue weighted by Gasteiger charge is 2.47. The lowest BCUT2D eigenvalue weighted by molar-refractivity contribution is -0.138. The SMILES string of the molecule is CC(C)C1C(=O)NC(C)(C)C(=O)N1c1cc(Br)ccc1Br. The van der Waals surface area contributed by atoms with Crippen LogP contribution < -0.4 is 10.2 Å². The van der Waals surface area contributed by atoms with Crippen LogP contribution in [0.25, 0.3) is 0 Å². The second-order valence-corrected chi connectivity index (χ2v) is 7.84. The lowest BCUT2D eigenvalue weighted by Gasteiger charge is -2.44. The molecule has 1 fully saturated rings. The summed E-state index contributed by atoms with van der Waals surface area (Å²) in [5.41, 5.74) is -0.208. The summed E-state index contributed by atoms with van der Waals surface area (Å²) in [6.07, 6.45) is 0. The summed E-state index contributed by atoms with van der Waals surface area (Å²) < 4.78 is 1.65. The van der Waals surface area contributed by atoms with E-state index in [0.29, 0.717) is 5.69 Å². The Labute approximate surface area is 141 Å². The van der Waals surface area contributed by atoms with Crippen molar-refractivity contribution in [2.75, 3.05) is 4.90 Å². The largest absolute Gasteiger partial charge is 0.340 e. The average molecular weight is 418 g/mol. The van der Waals surface area contributed by atoms with Gasteiger partial charge in [0, 0.05) is 8.95 Å². The van der Waals surface area contributed by atoms with Gasteiger partial charge in [0.15, 0.2) is 0 Å². The second-order valence-electron chi connectivity index (χ2n) is 6.07. The van der Waals surface area contributed by atoms with E-state index in [1.807, 2.05) is 32.0 Å². The minimum absolute atomic E-state index is 0.0101. The molecule has 0 aliphatic carbocycles. The number of nitrogens with zero attached hydrogens (tertiary/aromatic N) is 1. The molecule has 1 aromatic carbocycles. The first-order chi connectivity index (χ1) is 9.65. The van der Waals surface area contributed by atoms with Crippen LogP contribution in [0.1, 0.15) is 27.7 Å². The van der Waals surface area contributed by atoms with E-state index in [9.17, 15) is 9.59 Å². The van der Waals surface area contributed by atoms with Crippen LogP contribution in [0.2, 0.25) is 0 Å². The molecule has 0 aromatic heterocycles. The van der Waals surface area contributed by atoms with Gasteiger partial charge < -0.3 is 5.32 Å². The third-order valence-corrected chi connectivity index (χ3v) is 4.70. The van der Waals surface area contributed by atoms with Gasteiger partial charge in [0.2, 0.25) is 5.91 Å². The topological polar surface area (TPSA) is 49.4 Å². The Morgan fingerprint density at radius 1 is 1.24 bits per heavy atom. The molecule has 2 amide bonds. The predicted molar refractivity (Wildman–Crippen MR) is 90.2 cm³/mol. The Bertz CT molecular complexity index is 599. The van der Waals surface area contributed by atoms with Gasteiger partial charge in [-0.3, -0.25) is 14.5 Å². The van der Waals surface area contributed by atoms with E-state index in [4.69, 9.17) is 0 Å². The lowest BCUT2D eigenvalue weighted by Crippen LogP contribution is -2.69. The summed E-state index contributed by atoms with van der Waals surface area (Å²) in [6, 6.07) is 5.09. The number of piperazine rings is 1. The molecule has 1 saturated heterocycles. The van der Waals surface area contributed by atoms with Gasteiger partial charge in [0.1, 0.15) is 11.6 Å². The van der Waals surface area contributed by atoms with Gasteiger partial charge in [0.25, 0.3) is 5.91 Å². The third kappa shape index (κ3) is 3.01. The fourth-order valence-electron chi connectivity index (χ4n) is 2.51. The first-order valence-corrected chi connectivity index (χ1v) is 8.34. The van der Waals surface area contributed by atoms with Crippen molar-refractivity contribution in [3.05, 3.63) is 27.1 Å². The Morgan fingerprint density at radius 2 is 1.86 bits per heavy atom. The normalized spacial score (nSPS) is 21.7. The van der Waals surface area contributed by atoms with Gasteiger partial charge in [-0.25, -0.2) is 0 Å². The molecule has 114 valence electrons. The molecule has 1 heterocycles. The zero-order chi connectivity index (χ0) is 15.9. The molecule has 1 aromatic rings. The standard InChI is InChI=1S/C15H18Br2N2O2/c1-8(2)12-13(20)18-15(3,4)14(21)19(12)11-7-9(16)5-6-10(11)17/h5-8,12H,1-4H3,(H,18,20). The number of carbonyl (C=O) groups excluding carboxylic acids is 2. The maximum absolute atomic E-state index is 12.8. The maximum Gasteiger partial charge on any atom is 0.252 e. The minimum atomic E-state index is -0.912. The van der Waals surface area contributed by atoms with Crippen LogP contribution in [-0.4, -0.2) is 23.4 Å². The molecule has 1 aliphatic heterocycles. The van der Waals surface area contributed by atoms with Crippen LogP contribution in [0.15, 0.2) is 27.1 Å². The van der Waals surface area contributed by atoms with Gasteiger partial charge in [-0.1, -0.05) is 29.8 Å². The number of benzene rings is 1. The minimum Gasteiger partial charge on any atom is -0.340 e. The van der Waals surface area contributed by atoms with Crippen molar-refractivity contribution >= 4 is 49.4 Å². The average Bonchev–Trinajstić information content (AvgIpc) is 2.35. The molecule has 21 heavy (non-hydrogen) atoms. The van der Waals surface area contributed by atoms with E-state index in [-0.39, 0.29) is 17.7 Å². The van der Waals surface area contributed by atoms with E-state index in [1.54, 1.807) is 18.7 Å². The Morgan fingerprint density at radius 3 is 2.43 bits per heavy atom. The van der Waals surface area contributed by atoms with Crippen LogP contribution in [0.4, 0.5) is 5.69 Å². The van der Waals surface area contributed by atoms with Crippen molar-refractivity contribution in [2.45, 2.75) is 39.3 Å². The van der Waals surface area contributed by atoms with Gasteiger partial charge in [-0.15, -0.1) is 0 Å². The van der Waals surface area contributed by atoms with E-state index in [2.05, 4.69) is 37.2 Å². The Balaban J connectivity index is 2.61. The number of anilines is 1. The van der Waals surface area contributed by atoms with Crippen molar-refractivity contribution in [1.82, 2.24) is 5.32 Å². The van der Waals surface area contributed by atoms with Crippen LogP contribution in [0, 0.1) is 5.92 Å². The summed E-state index contributed by atoms with van der Waals surface area (Å²) >= 11 is 6.91. The highest BCUT2D eigenvalue weighted by Crippen LogP contribution is 2.35. The molecule has 6 heteroatoms. The summed E-state index contributed by atoms with van der Waals surface area (Å²) in [5.74, 6) is -0.225.